The number of para-hydroxylation sites is 3. The van der Waals surface area contributed by atoms with Gasteiger partial charge in [0.15, 0.2) is 0 Å². The van der Waals surface area contributed by atoms with E-state index in [1.165, 1.54) is 60.4 Å². The highest BCUT2D eigenvalue weighted by Crippen LogP contribution is 2.37. The molecule has 2 aromatic heterocycles. The van der Waals surface area contributed by atoms with Crippen molar-refractivity contribution < 1.29 is 0 Å². The van der Waals surface area contributed by atoms with Crippen LogP contribution in [-0.2, 0) is 0 Å². The molecule has 6 aromatic carbocycles. The van der Waals surface area contributed by atoms with Gasteiger partial charge >= 0.3 is 0 Å². The summed E-state index contributed by atoms with van der Waals surface area (Å²) in [6, 6.07) is 53.8. The van der Waals surface area contributed by atoms with Crippen LogP contribution in [-0.4, -0.2) is 9.13 Å². The molecule has 176 valence electrons. The van der Waals surface area contributed by atoms with Crippen LogP contribution in [0.25, 0.3) is 66.1 Å². The fourth-order valence-electron chi connectivity index (χ4n) is 5.92. The fourth-order valence-corrected chi connectivity index (χ4v) is 5.92. The molecule has 38 heavy (non-hydrogen) atoms. The predicted molar refractivity (Wildman–Crippen MR) is 158 cm³/mol. The molecule has 0 aliphatic heterocycles. The molecule has 0 aliphatic carbocycles. The maximum atomic E-state index is 3.11. The zero-order valence-corrected chi connectivity index (χ0v) is 20.6. The second-order valence-electron chi connectivity index (χ2n) is 9.70. The van der Waals surface area contributed by atoms with E-state index in [0.29, 0.717) is 0 Å². The number of aromatic nitrogens is 2. The van der Waals surface area contributed by atoms with Gasteiger partial charge < -0.3 is 9.13 Å². The van der Waals surface area contributed by atoms with Crippen molar-refractivity contribution in [1.82, 2.24) is 9.13 Å². The monoisotopic (exact) mass is 482 g/mol. The van der Waals surface area contributed by atoms with Crippen LogP contribution < -0.4 is 0 Å². The second kappa shape index (κ2) is 8.13. The Morgan fingerprint density at radius 2 is 0.921 bits per heavy atom. The maximum absolute atomic E-state index is 3.11. The smallest absolute Gasteiger partial charge is 0.0552 e. The summed E-state index contributed by atoms with van der Waals surface area (Å²) in [4.78, 5) is 0. The molecule has 2 heteroatoms. The van der Waals surface area contributed by atoms with Crippen molar-refractivity contribution >= 4 is 43.6 Å². The second-order valence-corrected chi connectivity index (χ2v) is 9.70. The number of benzene rings is 5. The average Bonchev–Trinajstić information content (AvgIpc) is 3.50. The normalized spacial score (nSPS) is 11.5. The van der Waals surface area contributed by atoms with Gasteiger partial charge in [-0.15, -0.1) is 0 Å². The summed E-state index contributed by atoms with van der Waals surface area (Å²) in [5.74, 6) is 0. The Labute approximate surface area is 220 Å². The van der Waals surface area contributed by atoms with Crippen molar-refractivity contribution in [3.8, 4) is 22.5 Å². The molecular formula is C36H22N2. The maximum Gasteiger partial charge on any atom is 0.0552 e. The van der Waals surface area contributed by atoms with Crippen molar-refractivity contribution in [2.24, 2.45) is 0 Å². The van der Waals surface area contributed by atoms with Gasteiger partial charge in [0.05, 0.1) is 27.8 Å². The SMILES string of the molecule is c1ccc(-n2c3ccccc3c3cc(-c4ccc5c(c4)c4ccccc4n5-c4ccccc4)ccc32)cc#1. The van der Waals surface area contributed by atoms with E-state index >= 15 is 0 Å². The number of nitrogens with zero attached hydrogens (tertiary/aromatic N) is 2. The largest absolute Gasteiger partial charge is 0.309 e. The molecule has 0 radical (unpaired) electrons. The first-order valence-electron chi connectivity index (χ1n) is 12.9. The van der Waals surface area contributed by atoms with E-state index in [0.717, 1.165) is 5.69 Å². The highest BCUT2D eigenvalue weighted by Gasteiger charge is 2.15. The van der Waals surface area contributed by atoms with E-state index < -0.39 is 0 Å². The predicted octanol–water partition coefficient (Wildman–Crippen LogP) is 9.15. The quantitative estimate of drug-likeness (QED) is 0.238. The van der Waals surface area contributed by atoms with Crippen LogP contribution in [0.15, 0.2) is 133 Å². The van der Waals surface area contributed by atoms with Crippen LogP contribution in [0.3, 0.4) is 0 Å². The molecule has 0 spiro atoms. The lowest BCUT2D eigenvalue weighted by Crippen LogP contribution is -1.93. The van der Waals surface area contributed by atoms with Gasteiger partial charge in [-0.3, -0.25) is 0 Å². The molecule has 2 nitrogen and oxygen atoms in total. The third-order valence-electron chi connectivity index (χ3n) is 7.59. The Morgan fingerprint density at radius 3 is 1.50 bits per heavy atom. The molecule has 0 saturated carbocycles. The Hall–Kier alpha value is -5.26. The van der Waals surface area contributed by atoms with Gasteiger partial charge in [0.25, 0.3) is 0 Å². The standard InChI is InChI=1S/C36H22N2/c1-3-11-27(12-4-1)37-33-17-9-7-15-29(33)31-23-25(19-21-35(31)37)26-20-22-36-32(24-26)30-16-8-10-18-34(30)38(36)28-13-5-2-6-14-28/h1,3-5,7-24H. The van der Waals surface area contributed by atoms with Crippen LogP contribution in [0, 0.1) is 12.1 Å². The van der Waals surface area contributed by atoms with Crippen LogP contribution in [0.2, 0.25) is 0 Å². The summed E-state index contributed by atoms with van der Waals surface area (Å²) in [6.07, 6.45) is 0. The number of hydrogen-bond acceptors (Lipinski definition) is 0. The third-order valence-corrected chi connectivity index (χ3v) is 7.59. The lowest BCUT2D eigenvalue weighted by Gasteiger charge is -2.09. The van der Waals surface area contributed by atoms with Gasteiger partial charge in [0.1, 0.15) is 0 Å². The van der Waals surface area contributed by atoms with E-state index in [2.05, 4.69) is 143 Å². The topological polar surface area (TPSA) is 9.86 Å². The Kier molecular flexibility index (Phi) is 4.47. The van der Waals surface area contributed by atoms with Crippen LogP contribution in [0.1, 0.15) is 0 Å². The molecule has 0 aliphatic rings. The van der Waals surface area contributed by atoms with Crippen molar-refractivity contribution in [3.05, 3.63) is 146 Å². The van der Waals surface area contributed by atoms with Gasteiger partial charge in [-0.2, -0.15) is 0 Å². The van der Waals surface area contributed by atoms with Gasteiger partial charge in [0.2, 0.25) is 0 Å². The molecule has 8 rings (SSSR count). The zero-order valence-electron chi connectivity index (χ0n) is 20.6. The first-order chi connectivity index (χ1) is 18.9. The number of rotatable bonds is 3. The minimum atomic E-state index is 1.10. The van der Waals surface area contributed by atoms with Gasteiger partial charge in [-0.05, 0) is 71.8 Å². The van der Waals surface area contributed by atoms with E-state index in [4.69, 9.17) is 0 Å². The van der Waals surface area contributed by atoms with Crippen molar-refractivity contribution in [2.45, 2.75) is 0 Å². The Bertz CT molecular complexity index is 1960. The molecule has 0 bridgehead atoms. The molecule has 0 fully saturated rings. The first-order valence-corrected chi connectivity index (χ1v) is 12.9. The highest BCUT2D eigenvalue weighted by atomic mass is 15.0. The van der Waals surface area contributed by atoms with Crippen molar-refractivity contribution in [1.29, 1.82) is 0 Å². The first kappa shape index (κ1) is 20.9. The summed E-state index contributed by atoms with van der Waals surface area (Å²) < 4.78 is 4.68. The van der Waals surface area contributed by atoms with Crippen LogP contribution >= 0.6 is 0 Å². The van der Waals surface area contributed by atoms with E-state index in [1.807, 2.05) is 12.1 Å². The lowest BCUT2D eigenvalue weighted by atomic mass is 10.0. The third kappa shape index (κ3) is 3.03. The lowest BCUT2D eigenvalue weighted by molar-refractivity contribution is 1.18. The summed E-state index contributed by atoms with van der Waals surface area (Å²) in [5.41, 5.74) is 9.53. The van der Waals surface area contributed by atoms with Gasteiger partial charge in [0, 0.05) is 33.3 Å². The number of hydrogen-bond donors (Lipinski definition) is 0. The summed E-state index contributed by atoms with van der Waals surface area (Å²) in [7, 11) is 0. The van der Waals surface area contributed by atoms with Crippen molar-refractivity contribution in [2.75, 3.05) is 0 Å². The minimum Gasteiger partial charge on any atom is -0.309 e. The fraction of sp³-hybridized carbons (Fsp3) is 0. The van der Waals surface area contributed by atoms with E-state index in [9.17, 15) is 0 Å². The van der Waals surface area contributed by atoms with Crippen LogP contribution in [0.4, 0.5) is 0 Å². The molecule has 8 aromatic rings. The summed E-state index contributed by atoms with van der Waals surface area (Å²) in [6.45, 7) is 0. The average molecular weight is 483 g/mol. The minimum absolute atomic E-state index is 1.10. The zero-order chi connectivity index (χ0) is 25.1. The van der Waals surface area contributed by atoms with Crippen molar-refractivity contribution in [3.63, 3.8) is 0 Å². The Balaban J connectivity index is 1.36. The molecule has 0 unspecified atom stereocenters. The summed E-state index contributed by atoms with van der Waals surface area (Å²) in [5, 5.41) is 5.03. The molecule has 2 heterocycles. The van der Waals surface area contributed by atoms with Gasteiger partial charge in [-0.1, -0.05) is 78.9 Å². The molecule has 0 saturated heterocycles. The van der Waals surface area contributed by atoms with E-state index in [-0.39, 0.29) is 0 Å². The molecule has 0 N–H and O–H groups in total. The molecule has 0 atom stereocenters. The highest BCUT2D eigenvalue weighted by molar-refractivity contribution is 6.12. The van der Waals surface area contributed by atoms with Crippen LogP contribution in [0.5, 0.6) is 0 Å². The number of fused-ring (bicyclic) bond motifs is 6. The summed E-state index contributed by atoms with van der Waals surface area (Å²) >= 11 is 0. The van der Waals surface area contributed by atoms with Gasteiger partial charge in [-0.25, -0.2) is 0 Å². The Morgan fingerprint density at radius 1 is 0.395 bits per heavy atom. The molecular weight excluding hydrogens is 460 g/mol. The van der Waals surface area contributed by atoms with E-state index in [1.54, 1.807) is 0 Å². The molecule has 0 amide bonds.